The van der Waals surface area contributed by atoms with Crippen molar-refractivity contribution < 1.29 is 13.5 Å². The fraction of sp³-hybridized carbons (Fsp3) is 0.481. The average Bonchev–Trinajstić information content (AvgIpc) is 3.19. The van der Waals surface area contributed by atoms with Crippen molar-refractivity contribution in [3.05, 3.63) is 65.4 Å². The molecule has 7 heteroatoms. The van der Waals surface area contributed by atoms with Gasteiger partial charge in [-0.05, 0) is 55.6 Å². The molecule has 2 atom stereocenters. The number of alkyl halides is 2. The topological polar surface area (TPSA) is 52.3 Å². The van der Waals surface area contributed by atoms with Gasteiger partial charge in [-0.25, -0.2) is 4.39 Å². The van der Waals surface area contributed by atoms with Crippen molar-refractivity contribution in [2.24, 2.45) is 0 Å². The third kappa shape index (κ3) is 4.69. The second kappa shape index (κ2) is 10.0. The molecule has 0 radical (unpaired) electrons. The molecule has 1 saturated heterocycles. The van der Waals surface area contributed by atoms with Gasteiger partial charge < -0.3 is 20.4 Å². The van der Waals surface area contributed by atoms with Crippen LogP contribution in [0.15, 0.2) is 48.5 Å². The van der Waals surface area contributed by atoms with Crippen molar-refractivity contribution >= 4 is 16.6 Å². The summed E-state index contributed by atoms with van der Waals surface area (Å²) < 4.78 is 32.8. The second-order valence-electron chi connectivity index (χ2n) is 9.68. The Morgan fingerprint density at radius 1 is 1.12 bits per heavy atom. The number of para-hydroxylation sites is 1. The van der Waals surface area contributed by atoms with Gasteiger partial charge in [0.15, 0.2) is 5.67 Å². The minimum absolute atomic E-state index is 0.0659. The molecular weight excluding hydrogens is 434 g/mol. The normalized spacial score (nSPS) is 21.9. The monoisotopic (exact) mass is 468 g/mol. The summed E-state index contributed by atoms with van der Waals surface area (Å²) in [5.41, 5.74) is 4.49. The second-order valence-corrected chi connectivity index (χ2v) is 9.68. The first-order valence-corrected chi connectivity index (χ1v) is 12.3. The van der Waals surface area contributed by atoms with Gasteiger partial charge in [-0.15, -0.1) is 0 Å². The summed E-state index contributed by atoms with van der Waals surface area (Å²) in [7, 11) is 0. The Morgan fingerprint density at radius 2 is 1.97 bits per heavy atom. The number of benzene rings is 2. The lowest BCUT2D eigenvalue weighted by atomic mass is 9.87. The predicted octanol–water partition coefficient (Wildman–Crippen LogP) is 4.60. The van der Waals surface area contributed by atoms with Crippen LogP contribution < -0.4 is 10.6 Å². The van der Waals surface area contributed by atoms with Gasteiger partial charge in [-0.1, -0.05) is 30.3 Å². The van der Waals surface area contributed by atoms with Crippen molar-refractivity contribution in [3.8, 4) is 0 Å². The van der Waals surface area contributed by atoms with E-state index in [1.807, 2.05) is 0 Å². The Hall–Kier alpha value is -2.48. The largest absolute Gasteiger partial charge is 0.384 e. The third-order valence-electron chi connectivity index (χ3n) is 7.03. The number of anilines is 1. The smallest absolute Gasteiger partial charge is 0.169 e. The minimum atomic E-state index is -1.29. The van der Waals surface area contributed by atoms with Crippen LogP contribution in [0.4, 0.5) is 14.5 Å². The highest BCUT2D eigenvalue weighted by molar-refractivity contribution is 5.85. The molecule has 0 saturated carbocycles. The molecule has 2 aromatic carbocycles. The molecule has 0 unspecified atom stereocenters. The minimum Gasteiger partial charge on any atom is -0.384 e. The van der Waals surface area contributed by atoms with Crippen molar-refractivity contribution in [1.29, 1.82) is 0 Å². The number of H-pyrrole nitrogens is 1. The quantitative estimate of drug-likeness (QED) is 0.381. The summed E-state index contributed by atoms with van der Waals surface area (Å²) in [5, 5.41) is 7.97. The number of ether oxygens (including phenoxy) is 1. The van der Waals surface area contributed by atoms with Crippen molar-refractivity contribution in [2.45, 2.75) is 37.5 Å². The third-order valence-corrected chi connectivity index (χ3v) is 7.03. The summed E-state index contributed by atoms with van der Waals surface area (Å²) in [6.07, 6.45) is 1.42. The molecule has 0 bridgehead atoms. The van der Waals surface area contributed by atoms with E-state index in [1.54, 1.807) is 0 Å². The Balaban J connectivity index is 1.44. The van der Waals surface area contributed by atoms with Crippen molar-refractivity contribution in [3.63, 3.8) is 0 Å². The summed E-state index contributed by atoms with van der Waals surface area (Å²) >= 11 is 0. The Kier molecular flexibility index (Phi) is 6.86. The van der Waals surface area contributed by atoms with Gasteiger partial charge in [-0.3, -0.25) is 9.29 Å². The average molecular weight is 469 g/mol. The number of nitrogens with one attached hydrogen (secondary N) is 3. The molecule has 0 amide bonds. The van der Waals surface area contributed by atoms with Gasteiger partial charge in [-0.2, -0.15) is 0 Å². The van der Waals surface area contributed by atoms with Crippen molar-refractivity contribution in [1.82, 2.24) is 15.2 Å². The molecule has 3 heterocycles. The van der Waals surface area contributed by atoms with Crippen LogP contribution in [0.25, 0.3) is 10.9 Å². The molecule has 0 spiro atoms. The van der Waals surface area contributed by atoms with Crippen LogP contribution in [-0.4, -0.2) is 67.7 Å². The molecule has 2 aliphatic heterocycles. The van der Waals surface area contributed by atoms with Gasteiger partial charge in [0.05, 0.1) is 25.9 Å². The lowest BCUT2D eigenvalue weighted by molar-refractivity contribution is -0.147. The van der Waals surface area contributed by atoms with Gasteiger partial charge >= 0.3 is 0 Å². The molecule has 3 N–H and O–H groups in total. The van der Waals surface area contributed by atoms with Gasteiger partial charge in [0.2, 0.25) is 0 Å². The van der Waals surface area contributed by atoms with Crippen LogP contribution in [0.5, 0.6) is 0 Å². The molecule has 34 heavy (non-hydrogen) atoms. The Bertz CT molecular complexity index is 1110. The number of aromatic amines is 1. The highest BCUT2D eigenvalue weighted by atomic mass is 19.1. The van der Waals surface area contributed by atoms with Crippen LogP contribution in [0.2, 0.25) is 0 Å². The van der Waals surface area contributed by atoms with Gasteiger partial charge in [0, 0.05) is 48.0 Å². The number of halogens is 2. The zero-order valence-electron chi connectivity index (χ0n) is 19.7. The fourth-order valence-electron chi connectivity index (χ4n) is 5.29. The summed E-state index contributed by atoms with van der Waals surface area (Å²) in [6, 6.07) is 17.0. The van der Waals surface area contributed by atoms with Gasteiger partial charge in [0.1, 0.15) is 0 Å². The molecular formula is C27H34F2N4O. The molecule has 182 valence electrons. The van der Waals surface area contributed by atoms with Crippen LogP contribution in [0.3, 0.4) is 0 Å². The number of hydrogen-bond donors (Lipinski definition) is 3. The van der Waals surface area contributed by atoms with E-state index in [4.69, 9.17) is 4.74 Å². The van der Waals surface area contributed by atoms with E-state index in [1.165, 1.54) is 10.9 Å². The van der Waals surface area contributed by atoms with Crippen LogP contribution in [0.1, 0.15) is 36.2 Å². The van der Waals surface area contributed by atoms with E-state index in [2.05, 4.69) is 76.0 Å². The van der Waals surface area contributed by atoms with Crippen LogP contribution in [-0.2, 0) is 11.2 Å². The van der Waals surface area contributed by atoms with Crippen molar-refractivity contribution in [2.75, 3.05) is 51.4 Å². The maximum atomic E-state index is 15.3. The highest BCUT2D eigenvalue weighted by Crippen LogP contribution is 2.42. The Morgan fingerprint density at radius 3 is 2.76 bits per heavy atom. The number of hydrogen-bond acceptors (Lipinski definition) is 4. The maximum absolute atomic E-state index is 15.3. The van der Waals surface area contributed by atoms with E-state index < -0.39 is 5.67 Å². The number of rotatable bonds is 10. The standard InChI is InChI=1S/C27H34F2N4O/c1-19-14-23-22-8-2-3-9-24(22)32-25(23)26(33(19)16-27(29)17-34-18-27)20-6-4-7-21(15-20)31-13-12-30-11-5-10-28/h2-4,6-9,15,19,26,30-32H,5,10-14,16-18H2,1H3/t19-,26-/m1/s1. The highest BCUT2D eigenvalue weighted by Gasteiger charge is 2.45. The van der Waals surface area contributed by atoms with Crippen LogP contribution >= 0.6 is 0 Å². The summed E-state index contributed by atoms with van der Waals surface area (Å²) in [5.74, 6) is 0. The molecule has 1 fully saturated rings. The van der Waals surface area contributed by atoms with E-state index in [0.717, 1.165) is 42.0 Å². The maximum Gasteiger partial charge on any atom is 0.169 e. The predicted molar refractivity (Wildman–Crippen MR) is 133 cm³/mol. The SMILES string of the molecule is C[C@@H]1Cc2c([nH]c3ccccc23)[C@@H](c2cccc(NCCNCCCF)c2)N1CC1(F)COC1. The lowest BCUT2D eigenvalue weighted by Gasteiger charge is -2.46. The fourth-order valence-corrected chi connectivity index (χ4v) is 5.29. The molecule has 3 aromatic rings. The van der Waals surface area contributed by atoms with Gasteiger partial charge in [0.25, 0.3) is 0 Å². The van der Waals surface area contributed by atoms with Crippen LogP contribution in [0, 0.1) is 0 Å². The van der Waals surface area contributed by atoms with E-state index in [9.17, 15) is 4.39 Å². The van der Waals surface area contributed by atoms with E-state index in [-0.39, 0.29) is 32.0 Å². The molecule has 5 rings (SSSR count). The number of aromatic nitrogens is 1. The number of nitrogens with zero attached hydrogens (tertiary/aromatic N) is 1. The number of fused-ring (bicyclic) bond motifs is 3. The first-order valence-electron chi connectivity index (χ1n) is 12.3. The van der Waals surface area contributed by atoms with E-state index >= 15 is 4.39 Å². The lowest BCUT2D eigenvalue weighted by Crippen LogP contribution is -2.57. The molecule has 2 aliphatic rings. The summed E-state index contributed by atoms with van der Waals surface area (Å²) in [6.45, 7) is 4.80. The molecule has 0 aliphatic carbocycles. The Labute approximate surface area is 199 Å². The first kappa shape index (κ1) is 23.3. The van der Waals surface area contributed by atoms with E-state index in [0.29, 0.717) is 19.5 Å². The molecule has 1 aromatic heterocycles. The summed E-state index contributed by atoms with van der Waals surface area (Å²) in [4.78, 5) is 5.98. The first-order chi connectivity index (χ1) is 16.6. The zero-order valence-corrected chi connectivity index (χ0v) is 19.7. The molecule has 5 nitrogen and oxygen atoms in total. The zero-order chi connectivity index (χ0) is 23.5.